The fourth-order valence-electron chi connectivity index (χ4n) is 1.69. The van der Waals surface area contributed by atoms with Gasteiger partial charge in [-0.25, -0.2) is 23.1 Å². The van der Waals surface area contributed by atoms with Crippen molar-refractivity contribution in [2.24, 2.45) is 5.73 Å². The Morgan fingerprint density at radius 2 is 1.83 bits per heavy atom. The number of aromatic nitrogens is 2. The molecule has 0 aliphatic rings. The van der Waals surface area contributed by atoms with E-state index in [4.69, 9.17) is 5.73 Å². The van der Waals surface area contributed by atoms with Crippen molar-refractivity contribution < 1.29 is 13.2 Å². The number of nitrogens with two attached hydrogens (primary N) is 1. The number of amides is 1. The SMILES string of the molecule is NCCSCC(=O)Nc1ccc(S(=O)(=O)Nc2ncccn2)cc1. The summed E-state index contributed by atoms with van der Waals surface area (Å²) in [5.41, 5.74) is 5.87. The number of carbonyl (C=O) groups excluding carboxylic acids is 1. The Balaban J connectivity index is 1.99. The molecule has 0 radical (unpaired) electrons. The molecule has 1 aromatic heterocycles. The minimum atomic E-state index is -3.78. The van der Waals surface area contributed by atoms with Gasteiger partial charge in [-0.15, -0.1) is 0 Å². The van der Waals surface area contributed by atoms with Crippen LogP contribution in [0.25, 0.3) is 0 Å². The zero-order valence-corrected chi connectivity index (χ0v) is 14.3. The van der Waals surface area contributed by atoms with Crippen LogP contribution in [0.1, 0.15) is 0 Å². The first-order chi connectivity index (χ1) is 11.5. The number of thioether (sulfide) groups is 1. The third kappa shape index (κ3) is 5.48. The van der Waals surface area contributed by atoms with Crippen LogP contribution in [0.4, 0.5) is 11.6 Å². The zero-order valence-electron chi connectivity index (χ0n) is 12.7. The van der Waals surface area contributed by atoms with Crippen molar-refractivity contribution in [1.29, 1.82) is 0 Å². The van der Waals surface area contributed by atoms with Gasteiger partial charge in [0.25, 0.3) is 10.0 Å². The molecule has 0 saturated carbocycles. The maximum absolute atomic E-state index is 12.2. The highest BCUT2D eigenvalue weighted by Crippen LogP contribution is 2.16. The van der Waals surface area contributed by atoms with E-state index in [1.54, 1.807) is 6.07 Å². The summed E-state index contributed by atoms with van der Waals surface area (Å²) in [7, 11) is -3.78. The molecule has 0 fully saturated rings. The molecule has 0 aliphatic heterocycles. The quantitative estimate of drug-likeness (QED) is 0.592. The van der Waals surface area contributed by atoms with E-state index >= 15 is 0 Å². The summed E-state index contributed by atoms with van der Waals surface area (Å²) >= 11 is 1.43. The van der Waals surface area contributed by atoms with Crippen LogP contribution in [-0.4, -0.2) is 42.3 Å². The van der Waals surface area contributed by atoms with Gasteiger partial charge in [0, 0.05) is 30.4 Å². The van der Waals surface area contributed by atoms with Crippen molar-refractivity contribution >= 4 is 39.3 Å². The molecule has 128 valence electrons. The average Bonchev–Trinajstić information content (AvgIpc) is 2.56. The zero-order chi connectivity index (χ0) is 17.4. The minimum Gasteiger partial charge on any atom is -0.330 e. The lowest BCUT2D eigenvalue weighted by Gasteiger charge is -2.08. The number of anilines is 2. The van der Waals surface area contributed by atoms with Crippen molar-refractivity contribution in [3.05, 3.63) is 42.7 Å². The van der Waals surface area contributed by atoms with Crippen LogP contribution in [-0.2, 0) is 14.8 Å². The summed E-state index contributed by atoms with van der Waals surface area (Å²) in [5.74, 6) is 0.828. The van der Waals surface area contributed by atoms with Gasteiger partial charge in [-0.3, -0.25) is 4.79 Å². The second-order valence-corrected chi connectivity index (χ2v) is 7.38. The van der Waals surface area contributed by atoms with E-state index in [1.165, 1.54) is 48.4 Å². The molecule has 0 atom stereocenters. The van der Waals surface area contributed by atoms with Gasteiger partial charge in [-0.1, -0.05) is 0 Å². The number of sulfonamides is 1. The van der Waals surface area contributed by atoms with Gasteiger partial charge < -0.3 is 11.1 Å². The molecule has 1 heterocycles. The monoisotopic (exact) mass is 367 g/mol. The normalized spacial score (nSPS) is 11.0. The lowest BCUT2D eigenvalue weighted by Crippen LogP contribution is -2.16. The number of hydrogen-bond donors (Lipinski definition) is 3. The molecule has 4 N–H and O–H groups in total. The topological polar surface area (TPSA) is 127 Å². The lowest BCUT2D eigenvalue weighted by atomic mass is 10.3. The molecule has 2 rings (SSSR count). The van der Waals surface area contributed by atoms with Gasteiger partial charge in [0.1, 0.15) is 0 Å². The Morgan fingerprint density at radius 1 is 1.17 bits per heavy atom. The summed E-state index contributed by atoms with van der Waals surface area (Å²) in [6.07, 6.45) is 2.87. The minimum absolute atomic E-state index is 0.00759. The molecule has 0 spiro atoms. The summed E-state index contributed by atoms with van der Waals surface area (Å²) in [6, 6.07) is 7.42. The maximum atomic E-state index is 12.2. The molecule has 0 saturated heterocycles. The lowest BCUT2D eigenvalue weighted by molar-refractivity contribution is -0.113. The molecule has 2 aromatic rings. The van der Waals surface area contributed by atoms with Gasteiger partial charge in [-0.05, 0) is 30.3 Å². The second-order valence-electron chi connectivity index (χ2n) is 4.59. The number of hydrogen-bond acceptors (Lipinski definition) is 7. The molecule has 24 heavy (non-hydrogen) atoms. The third-order valence-electron chi connectivity index (χ3n) is 2.74. The van der Waals surface area contributed by atoms with E-state index in [9.17, 15) is 13.2 Å². The van der Waals surface area contributed by atoms with Crippen LogP contribution in [0.2, 0.25) is 0 Å². The van der Waals surface area contributed by atoms with E-state index < -0.39 is 10.0 Å². The first-order valence-corrected chi connectivity index (χ1v) is 9.62. The van der Waals surface area contributed by atoms with Gasteiger partial charge in [0.05, 0.1) is 10.6 Å². The van der Waals surface area contributed by atoms with Gasteiger partial charge in [-0.2, -0.15) is 11.8 Å². The van der Waals surface area contributed by atoms with Crippen molar-refractivity contribution in [1.82, 2.24) is 9.97 Å². The molecule has 1 aromatic carbocycles. The van der Waals surface area contributed by atoms with Crippen LogP contribution in [0.15, 0.2) is 47.6 Å². The summed E-state index contributed by atoms with van der Waals surface area (Å²) in [6.45, 7) is 0.516. The van der Waals surface area contributed by atoms with Crippen LogP contribution >= 0.6 is 11.8 Å². The molecule has 0 bridgehead atoms. The molecule has 0 aliphatic carbocycles. The van der Waals surface area contributed by atoms with Gasteiger partial charge in [0.2, 0.25) is 11.9 Å². The average molecular weight is 367 g/mol. The highest BCUT2D eigenvalue weighted by Gasteiger charge is 2.15. The maximum Gasteiger partial charge on any atom is 0.264 e. The molecule has 0 unspecified atom stereocenters. The highest BCUT2D eigenvalue weighted by atomic mass is 32.2. The molecular weight excluding hydrogens is 350 g/mol. The second kappa shape index (κ2) is 8.62. The van der Waals surface area contributed by atoms with E-state index in [1.807, 2.05) is 0 Å². The van der Waals surface area contributed by atoms with Crippen LogP contribution in [0.5, 0.6) is 0 Å². The van der Waals surface area contributed by atoms with E-state index in [0.717, 1.165) is 0 Å². The Hall–Kier alpha value is -2.17. The van der Waals surface area contributed by atoms with Crippen molar-refractivity contribution in [3.8, 4) is 0 Å². The number of carbonyl (C=O) groups is 1. The summed E-state index contributed by atoms with van der Waals surface area (Å²) in [4.78, 5) is 19.4. The van der Waals surface area contributed by atoms with Crippen molar-refractivity contribution in [2.45, 2.75) is 4.90 Å². The Bertz CT molecular complexity index is 767. The molecule has 1 amide bonds. The smallest absolute Gasteiger partial charge is 0.264 e. The molecule has 10 heteroatoms. The van der Waals surface area contributed by atoms with Gasteiger partial charge in [0.15, 0.2) is 0 Å². The van der Waals surface area contributed by atoms with E-state index in [0.29, 0.717) is 23.7 Å². The van der Waals surface area contributed by atoms with Gasteiger partial charge >= 0.3 is 0 Å². The molecular formula is C14H17N5O3S2. The Kier molecular flexibility index (Phi) is 6.53. The van der Waals surface area contributed by atoms with Crippen LogP contribution in [0.3, 0.4) is 0 Å². The number of nitrogens with zero attached hydrogens (tertiary/aromatic N) is 2. The first kappa shape index (κ1) is 18.2. The van der Waals surface area contributed by atoms with E-state index in [2.05, 4.69) is 20.0 Å². The number of nitrogens with one attached hydrogen (secondary N) is 2. The fourth-order valence-corrected chi connectivity index (χ4v) is 3.22. The third-order valence-corrected chi connectivity index (χ3v) is 5.07. The first-order valence-electron chi connectivity index (χ1n) is 6.99. The summed E-state index contributed by atoms with van der Waals surface area (Å²) < 4.78 is 26.7. The Labute approximate surface area is 144 Å². The number of benzene rings is 1. The van der Waals surface area contributed by atoms with Crippen molar-refractivity contribution in [2.75, 3.05) is 28.1 Å². The van der Waals surface area contributed by atoms with Crippen molar-refractivity contribution in [3.63, 3.8) is 0 Å². The standard InChI is InChI=1S/C14H17N5O3S2/c15-6-9-23-10-13(20)18-11-2-4-12(5-3-11)24(21,22)19-14-16-7-1-8-17-14/h1-5,7-8H,6,9-10,15H2,(H,18,20)(H,16,17,19). The predicted molar refractivity (Wildman–Crippen MR) is 94.3 cm³/mol. The summed E-state index contributed by atoms with van der Waals surface area (Å²) in [5, 5.41) is 2.69. The van der Waals surface area contributed by atoms with Crippen LogP contribution in [0, 0.1) is 0 Å². The predicted octanol–water partition coefficient (Wildman–Crippen LogP) is 0.908. The highest BCUT2D eigenvalue weighted by molar-refractivity contribution is 8.00. The largest absolute Gasteiger partial charge is 0.330 e. The van der Waals surface area contributed by atoms with Crippen LogP contribution < -0.4 is 15.8 Å². The number of rotatable bonds is 8. The molecule has 8 nitrogen and oxygen atoms in total. The van der Waals surface area contributed by atoms with E-state index in [-0.39, 0.29) is 16.8 Å². The Morgan fingerprint density at radius 3 is 2.46 bits per heavy atom. The fraction of sp³-hybridized carbons (Fsp3) is 0.214.